The smallest absolute Gasteiger partial charge is 0.240 e. The molecular formula is C11H11N3O3. The molecule has 1 aliphatic heterocycles. The second-order valence-corrected chi connectivity index (χ2v) is 3.65. The van der Waals surface area contributed by atoms with E-state index in [1.54, 1.807) is 0 Å². The van der Waals surface area contributed by atoms with E-state index >= 15 is 0 Å². The Morgan fingerprint density at radius 1 is 1.35 bits per heavy atom. The van der Waals surface area contributed by atoms with Gasteiger partial charge in [-0.2, -0.15) is 4.98 Å². The molecule has 17 heavy (non-hydrogen) atoms. The Morgan fingerprint density at radius 3 is 3.12 bits per heavy atom. The first-order valence-electron chi connectivity index (χ1n) is 5.23. The first-order valence-corrected chi connectivity index (χ1v) is 5.23. The number of fused-ring (bicyclic) bond motifs is 1. The Hall–Kier alpha value is -1.92. The molecule has 6 nitrogen and oxygen atoms in total. The summed E-state index contributed by atoms with van der Waals surface area (Å²) in [5.41, 5.74) is 7.26. The summed E-state index contributed by atoms with van der Waals surface area (Å²) in [4.78, 5) is 4.16. The van der Waals surface area contributed by atoms with Crippen molar-refractivity contribution in [2.45, 2.75) is 13.2 Å². The van der Waals surface area contributed by atoms with Crippen molar-refractivity contribution in [2.24, 2.45) is 5.73 Å². The fraction of sp³-hybridized carbons (Fsp3) is 0.273. The Labute approximate surface area is 97.3 Å². The van der Waals surface area contributed by atoms with Crippen LogP contribution in [0.2, 0.25) is 0 Å². The largest absolute Gasteiger partial charge is 0.467 e. The fourth-order valence-electron chi connectivity index (χ4n) is 1.68. The van der Waals surface area contributed by atoms with Crippen LogP contribution in [0, 0.1) is 0 Å². The van der Waals surface area contributed by atoms with Crippen LogP contribution in [0.15, 0.2) is 22.7 Å². The number of aromatic nitrogens is 2. The first kappa shape index (κ1) is 10.2. The number of hydrogen-bond donors (Lipinski definition) is 1. The Morgan fingerprint density at radius 2 is 2.29 bits per heavy atom. The van der Waals surface area contributed by atoms with Gasteiger partial charge in [-0.3, -0.25) is 0 Å². The lowest BCUT2D eigenvalue weighted by molar-refractivity contribution is -0.0163. The third-order valence-electron chi connectivity index (χ3n) is 2.52. The van der Waals surface area contributed by atoms with Gasteiger partial charge in [0.1, 0.15) is 5.75 Å². The van der Waals surface area contributed by atoms with Crippen LogP contribution in [0.5, 0.6) is 5.75 Å². The lowest BCUT2D eigenvalue weighted by Crippen LogP contribution is -2.11. The number of hydrogen-bond acceptors (Lipinski definition) is 6. The quantitative estimate of drug-likeness (QED) is 0.835. The summed E-state index contributed by atoms with van der Waals surface area (Å²) < 4.78 is 15.5. The predicted molar refractivity (Wildman–Crippen MR) is 57.9 cm³/mol. The van der Waals surface area contributed by atoms with Crippen LogP contribution in [0.1, 0.15) is 11.5 Å². The minimum Gasteiger partial charge on any atom is -0.467 e. The number of nitrogens with two attached hydrogens (primary N) is 1. The van der Waals surface area contributed by atoms with Crippen LogP contribution >= 0.6 is 0 Å². The van der Waals surface area contributed by atoms with E-state index in [1.807, 2.05) is 18.2 Å². The maximum Gasteiger partial charge on any atom is 0.240 e. The summed E-state index contributed by atoms with van der Waals surface area (Å²) in [6, 6.07) is 5.70. The van der Waals surface area contributed by atoms with Crippen LogP contribution in [-0.4, -0.2) is 16.9 Å². The normalized spacial score (nSPS) is 14.2. The topological polar surface area (TPSA) is 83.4 Å². The molecule has 0 bridgehead atoms. The minimum absolute atomic E-state index is 0.240. The molecule has 0 saturated carbocycles. The summed E-state index contributed by atoms with van der Waals surface area (Å²) in [6.07, 6.45) is 0. The highest BCUT2D eigenvalue weighted by Gasteiger charge is 2.14. The van der Waals surface area contributed by atoms with Crippen molar-refractivity contribution < 1.29 is 14.0 Å². The molecule has 0 atom stereocenters. The average molecular weight is 233 g/mol. The van der Waals surface area contributed by atoms with E-state index in [4.69, 9.17) is 19.7 Å². The monoisotopic (exact) mass is 233 g/mol. The molecule has 1 aromatic carbocycles. The Kier molecular flexibility index (Phi) is 2.50. The third-order valence-corrected chi connectivity index (χ3v) is 2.52. The number of benzene rings is 1. The van der Waals surface area contributed by atoms with Crippen molar-refractivity contribution in [1.29, 1.82) is 0 Å². The van der Waals surface area contributed by atoms with Gasteiger partial charge in [-0.15, -0.1) is 0 Å². The minimum atomic E-state index is 0.240. The lowest BCUT2D eigenvalue weighted by Gasteiger charge is -2.17. The third kappa shape index (κ3) is 1.88. The van der Waals surface area contributed by atoms with Crippen molar-refractivity contribution in [3.05, 3.63) is 29.7 Å². The highest BCUT2D eigenvalue weighted by atomic mass is 16.7. The molecule has 2 heterocycles. The van der Waals surface area contributed by atoms with E-state index in [-0.39, 0.29) is 6.54 Å². The molecule has 0 radical (unpaired) electrons. The summed E-state index contributed by atoms with van der Waals surface area (Å²) >= 11 is 0. The van der Waals surface area contributed by atoms with Crippen molar-refractivity contribution >= 4 is 0 Å². The van der Waals surface area contributed by atoms with Gasteiger partial charge in [0.05, 0.1) is 13.2 Å². The molecule has 6 heteroatoms. The van der Waals surface area contributed by atoms with Crippen LogP contribution in [0.3, 0.4) is 0 Å². The lowest BCUT2D eigenvalue weighted by atomic mass is 10.1. The molecule has 2 aromatic rings. The number of nitrogens with zero attached hydrogens (tertiary/aromatic N) is 2. The maximum absolute atomic E-state index is 5.42. The second-order valence-electron chi connectivity index (χ2n) is 3.65. The van der Waals surface area contributed by atoms with Crippen LogP contribution in [0.4, 0.5) is 0 Å². The van der Waals surface area contributed by atoms with E-state index in [0.717, 1.165) is 16.9 Å². The highest BCUT2D eigenvalue weighted by Crippen LogP contribution is 2.28. The zero-order valence-corrected chi connectivity index (χ0v) is 9.05. The van der Waals surface area contributed by atoms with E-state index in [9.17, 15) is 0 Å². The fourth-order valence-corrected chi connectivity index (χ4v) is 1.68. The standard InChI is InChI=1S/C11H11N3O3/c12-4-10-13-11(14-17-10)7-1-2-9-8(3-7)5-15-6-16-9/h1-3H,4-6,12H2. The average Bonchev–Trinajstić information content (AvgIpc) is 2.87. The van der Waals surface area contributed by atoms with Gasteiger partial charge in [-0.25, -0.2) is 0 Å². The maximum atomic E-state index is 5.42. The Balaban J connectivity index is 1.97. The van der Waals surface area contributed by atoms with Gasteiger partial charge < -0.3 is 19.7 Å². The summed E-state index contributed by atoms with van der Waals surface area (Å²) in [5, 5.41) is 3.86. The molecule has 1 aromatic heterocycles. The van der Waals surface area contributed by atoms with E-state index in [0.29, 0.717) is 25.1 Å². The van der Waals surface area contributed by atoms with Gasteiger partial charge >= 0.3 is 0 Å². The van der Waals surface area contributed by atoms with Gasteiger partial charge in [-0.1, -0.05) is 5.16 Å². The van der Waals surface area contributed by atoms with Gasteiger partial charge in [0, 0.05) is 11.1 Å². The molecule has 0 aliphatic carbocycles. The molecule has 0 saturated heterocycles. The number of rotatable bonds is 2. The van der Waals surface area contributed by atoms with E-state index in [1.165, 1.54) is 0 Å². The molecular weight excluding hydrogens is 222 g/mol. The Bertz CT molecular complexity index is 539. The van der Waals surface area contributed by atoms with Gasteiger partial charge in [0.15, 0.2) is 6.79 Å². The SMILES string of the molecule is NCc1nc(-c2ccc3c(c2)COCO3)no1. The van der Waals surface area contributed by atoms with Crippen LogP contribution in [0.25, 0.3) is 11.4 Å². The zero-order valence-electron chi connectivity index (χ0n) is 9.05. The molecule has 3 rings (SSSR count). The zero-order chi connectivity index (χ0) is 11.7. The van der Waals surface area contributed by atoms with Gasteiger partial charge in [-0.05, 0) is 18.2 Å². The van der Waals surface area contributed by atoms with Crippen molar-refractivity contribution in [1.82, 2.24) is 10.1 Å². The van der Waals surface area contributed by atoms with E-state index in [2.05, 4.69) is 10.1 Å². The number of ether oxygens (including phenoxy) is 2. The summed E-state index contributed by atoms with van der Waals surface area (Å²) in [5.74, 6) is 1.78. The van der Waals surface area contributed by atoms with Gasteiger partial charge in [0.25, 0.3) is 0 Å². The summed E-state index contributed by atoms with van der Waals surface area (Å²) in [6.45, 7) is 1.07. The van der Waals surface area contributed by atoms with Crippen molar-refractivity contribution in [3.63, 3.8) is 0 Å². The second kappa shape index (κ2) is 4.15. The molecule has 1 aliphatic rings. The van der Waals surface area contributed by atoms with E-state index < -0.39 is 0 Å². The molecule has 0 amide bonds. The predicted octanol–water partition coefficient (Wildman–Crippen LogP) is 1.06. The first-order chi connectivity index (χ1) is 8.36. The molecule has 0 unspecified atom stereocenters. The van der Waals surface area contributed by atoms with Gasteiger partial charge in [0.2, 0.25) is 11.7 Å². The molecule has 88 valence electrons. The molecule has 0 spiro atoms. The van der Waals surface area contributed by atoms with Crippen LogP contribution in [-0.2, 0) is 17.9 Å². The van der Waals surface area contributed by atoms with Crippen molar-refractivity contribution in [3.8, 4) is 17.1 Å². The molecule has 0 fully saturated rings. The molecule has 2 N–H and O–H groups in total. The van der Waals surface area contributed by atoms with Crippen LogP contribution < -0.4 is 10.5 Å². The highest BCUT2D eigenvalue weighted by molar-refractivity contribution is 5.58. The summed E-state index contributed by atoms with van der Waals surface area (Å²) in [7, 11) is 0. The van der Waals surface area contributed by atoms with Crippen molar-refractivity contribution in [2.75, 3.05) is 6.79 Å².